The standard InChI is InChI=1S/C14H13NO2.ClH/c15-8-10-1-3-11(4-2-10)12-5-6-13-14(7-12)17-9-16-13;/h1-7H,8-9,15H2;1H. The summed E-state index contributed by atoms with van der Waals surface area (Å²) in [6.07, 6.45) is 0. The summed E-state index contributed by atoms with van der Waals surface area (Å²) in [6.45, 7) is 0.881. The molecule has 0 amide bonds. The van der Waals surface area contributed by atoms with E-state index in [9.17, 15) is 0 Å². The van der Waals surface area contributed by atoms with Crippen molar-refractivity contribution in [3.05, 3.63) is 48.0 Å². The molecular formula is C14H14ClNO2. The third-order valence-corrected chi connectivity index (χ3v) is 2.90. The van der Waals surface area contributed by atoms with E-state index in [0.29, 0.717) is 13.3 Å². The van der Waals surface area contributed by atoms with E-state index in [1.807, 2.05) is 30.3 Å². The van der Waals surface area contributed by atoms with Crippen LogP contribution in [0, 0.1) is 0 Å². The topological polar surface area (TPSA) is 44.5 Å². The molecule has 2 N–H and O–H groups in total. The highest BCUT2D eigenvalue weighted by atomic mass is 35.5. The molecule has 0 saturated heterocycles. The number of nitrogens with two attached hydrogens (primary N) is 1. The van der Waals surface area contributed by atoms with Gasteiger partial charge in [0.05, 0.1) is 0 Å². The van der Waals surface area contributed by atoms with E-state index >= 15 is 0 Å². The van der Waals surface area contributed by atoms with E-state index in [0.717, 1.165) is 28.2 Å². The van der Waals surface area contributed by atoms with Crippen molar-refractivity contribution in [1.82, 2.24) is 0 Å². The predicted octanol–water partition coefficient (Wildman–Crippen LogP) is 2.96. The average Bonchev–Trinajstić information content (AvgIpc) is 2.86. The maximum Gasteiger partial charge on any atom is 0.231 e. The maximum atomic E-state index is 5.58. The molecule has 0 bridgehead atoms. The van der Waals surface area contributed by atoms with Gasteiger partial charge in [0.1, 0.15) is 0 Å². The lowest BCUT2D eigenvalue weighted by atomic mass is 10.0. The summed E-state index contributed by atoms with van der Waals surface area (Å²) in [5, 5.41) is 0. The zero-order valence-corrected chi connectivity index (χ0v) is 10.6. The molecule has 0 aromatic heterocycles. The molecule has 1 aliphatic heterocycles. The van der Waals surface area contributed by atoms with Gasteiger partial charge in [-0.25, -0.2) is 0 Å². The molecule has 3 rings (SSSR count). The Labute approximate surface area is 112 Å². The van der Waals surface area contributed by atoms with Crippen LogP contribution in [0.15, 0.2) is 42.5 Å². The summed E-state index contributed by atoms with van der Waals surface area (Å²) in [6, 6.07) is 14.2. The van der Waals surface area contributed by atoms with Gasteiger partial charge in [0.25, 0.3) is 0 Å². The maximum absolute atomic E-state index is 5.58. The number of rotatable bonds is 2. The monoisotopic (exact) mass is 263 g/mol. The molecule has 3 nitrogen and oxygen atoms in total. The lowest BCUT2D eigenvalue weighted by molar-refractivity contribution is 0.174. The summed E-state index contributed by atoms with van der Waals surface area (Å²) in [5.41, 5.74) is 8.99. The lowest BCUT2D eigenvalue weighted by Crippen LogP contribution is -1.95. The van der Waals surface area contributed by atoms with Gasteiger partial charge in [-0.05, 0) is 28.8 Å². The zero-order chi connectivity index (χ0) is 11.7. The lowest BCUT2D eigenvalue weighted by Gasteiger charge is -2.04. The molecule has 0 atom stereocenters. The molecule has 18 heavy (non-hydrogen) atoms. The molecule has 0 fully saturated rings. The second-order valence-electron chi connectivity index (χ2n) is 3.97. The Bertz CT molecular complexity index is 540. The van der Waals surface area contributed by atoms with Crippen molar-refractivity contribution in [2.24, 2.45) is 5.73 Å². The van der Waals surface area contributed by atoms with Crippen molar-refractivity contribution >= 4 is 12.4 Å². The Hall–Kier alpha value is -1.71. The van der Waals surface area contributed by atoms with E-state index in [-0.39, 0.29) is 12.4 Å². The van der Waals surface area contributed by atoms with Crippen LogP contribution in [0.2, 0.25) is 0 Å². The van der Waals surface area contributed by atoms with Gasteiger partial charge in [-0.15, -0.1) is 12.4 Å². The molecule has 2 aromatic carbocycles. The number of ether oxygens (including phenoxy) is 2. The average molecular weight is 264 g/mol. The van der Waals surface area contributed by atoms with E-state index in [1.54, 1.807) is 0 Å². The summed E-state index contributed by atoms with van der Waals surface area (Å²) >= 11 is 0. The van der Waals surface area contributed by atoms with Crippen LogP contribution < -0.4 is 15.2 Å². The molecule has 0 spiro atoms. The van der Waals surface area contributed by atoms with Crippen molar-refractivity contribution in [2.45, 2.75) is 6.54 Å². The van der Waals surface area contributed by atoms with E-state index in [4.69, 9.17) is 15.2 Å². The molecule has 1 aliphatic rings. The van der Waals surface area contributed by atoms with Crippen LogP contribution in [0.3, 0.4) is 0 Å². The van der Waals surface area contributed by atoms with E-state index < -0.39 is 0 Å². The molecule has 0 saturated carbocycles. The summed E-state index contributed by atoms with van der Waals surface area (Å²) in [5.74, 6) is 1.62. The van der Waals surface area contributed by atoms with Gasteiger partial charge in [-0.2, -0.15) is 0 Å². The molecular weight excluding hydrogens is 250 g/mol. The summed E-state index contributed by atoms with van der Waals surface area (Å²) in [4.78, 5) is 0. The number of hydrogen-bond donors (Lipinski definition) is 1. The van der Waals surface area contributed by atoms with Crippen LogP contribution in [-0.4, -0.2) is 6.79 Å². The highest BCUT2D eigenvalue weighted by Crippen LogP contribution is 2.35. The van der Waals surface area contributed by atoms with E-state index in [2.05, 4.69) is 12.1 Å². The molecule has 0 unspecified atom stereocenters. The molecule has 2 aromatic rings. The molecule has 4 heteroatoms. The highest BCUT2D eigenvalue weighted by molar-refractivity contribution is 5.85. The Morgan fingerprint density at radius 1 is 0.889 bits per heavy atom. The number of hydrogen-bond acceptors (Lipinski definition) is 3. The number of halogens is 1. The predicted molar refractivity (Wildman–Crippen MR) is 73.1 cm³/mol. The van der Waals surface area contributed by atoms with Crippen LogP contribution in [0.4, 0.5) is 0 Å². The fourth-order valence-corrected chi connectivity index (χ4v) is 1.91. The minimum Gasteiger partial charge on any atom is -0.454 e. The first-order valence-corrected chi connectivity index (χ1v) is 5.56. The molecule has 1 heterocycles. The van der Waals surface area contributed by atoms with Crippen molar-refractivity contribution in [3.63, 3.8) is 0 Å². The summed E-state index contributed by atoms with van der Waals surface area (Å²) in [7, 11) is 0. The van der Waals surface area contributed by atoms with Crippen molar-refractivity contribution in [1.29, 1.82) is 0 Å². The molecule has 0 aliphatic carbocycles. The molecule has 94 valence electrons. The number of benzene rings is 2. The fourth-order valence-electron chi connectivity index (χ4n) is 1.91. The van der Waals surface area contributed by atoms with Gasteiger partial charge in [-0.1, -0.05) is 30.3 Å². The van der Waals surface area contributed by atoms with Crippen LogP contribution in [0.5, 0.6) is 11.5 Å². The number of fused-ring (bicyclic) bond motifs is 1. The van der Waals surface area contributed by atoms with Gasteiger partial charge in [-0.3, -0.25) is 0 Å². The van der Waals surface area contributed by atoms with Gasteiger partial charge in [0.2, 0.25) is 6.79 Å². The van der Waals surface area contributed by atoms with Crippen molar-refractivity contribution in [3.8, 4) is 22.6 Å². The van der Waals surface area contributed by atoms with Crippen molar-refractivity contribution < 1.29 is 9.47 Å². The van der Waals surface area contributed by atoms with Gasteiger partial charge in [0.15, 0.2) is 11.5 Å². The Balaban J connectivity index is 0.00000120. The van der Waals surface area contributed by atoms with Gasteiger partial charge >= 0.3 is 0 Å². The first-order valence-electron chi connectivity index (χ1n) is 5.56. The molecule has 0 radical (unpaired) electrons. The van der Waals surface area contributed by atoms with Gasteiger partial charge in [0, 0.05) is 6.54 Å². The Morgan fingerprint density at radius 2 is 1.56 bits per heavy atom. The first-order chi connectivity index (χ1) is 8.36. The zero-order valence-electron chi connectivity index (χ0n) is 9.76. The summed E-state index contributed by atoms with van der Waals surface area (Å²) < 4.78 is 10.7. The SMILES string of the molecule is Cl.NCc1ccc(-c2ccc3c(c2)OCO3)cc1. The first kappa shape index (κ1) is 12.7. The Morgan fingerprint density at radius 3 is 2.28 bits per heavy atom. The smallest absolute Gasteiger partial charge is 0.231 e. The van der Waals surface area contributed by atoms with E-state index in [1.165, 1.54) is 0 Å². The minimum atomic E-state index is 0. The third-order valence-electron chi connectivity index (χ3n) is 2.90. The van der Waals surface area contributed by atoms with Crippen molar-refractivity contribution in [2.75, 3.05) is 6.79 Å². The van der Waals surface area contributed by atoms with Crippen LogP contribution in [0.25, 0.3) is 11.1 Å². The minimum absolute atomic E-state index is 0. The Kier molecular flexibility index (Phi) is 3.75. The van der Waals surface area contributed by atoms with Crippen LogP contribution in [-0.2, 0) is 6.54 Å². The highest BCUT2D eigenvalue weighted by Gasteiger charge is 2.13. The second-order valence-corrected chi connectivity index (χ2v) is 3.97. The normalized spacial score (nSPS) is 12.1. The largest absolute Gasteiger partial charge is 0.454 e. The second kappa shape index (κ2) is 5.29. The quantitative estimate of drug-likeness (QED) is 0.906. The van der Waals surface area contributed by atoms with Crippen LogP contribution >= 0.6 is 12.4 Å². The third kappa shape index (κ3) is 2.28. The van der Waals surface area contributed by atoms with Gasteiger partial charge < -0.3 is 15.2 Å². The fraction of sp³-hybridized carbons (Fsp3) is 0.143. The van der Waals surface area contributed by atoms with Crippen LogP contribution in [0.1, 0.15) is 5.56 Å².